The number of rotatable bonds is 4. The van der Waals surface area contributed by atoms with Gasteiger partial charge in [0.05, 0.1) is 5.56 Å². The molecule has 6 nitrogen and oxygen atoms in total. The van der Waals surface area contributed by atoms with Crippen LogP contribution in [-0.2, 0) is 0 Å². The van der Waals surface area contributed by atoms with E-state index in [2.05, 4.69) is 9.97 Å². The molecule has 1 amide bonds. The monoisotopic (exact) mass is 329 g/mol. The fourth-order valence-electron chi connectivity index (χ4n) is 3.02. The van der Waals surface area contributed by atoms with Gasteiger partial charge in [0.15, 0.2) is 0 Å². The molecule has 0 fully saturated rings. The second-order valence-electron chi connectivity index (χ2n) is 6.35. The van der Waals surface area contributed by atoms with Crippen molar-refractivity contribution in [1.82, 2.24) is 14.9 Å². The van der Waals surface area contributed by atoms with Gasteiger partial charge >= 0.3 is 5.69 Å². The summed E-state index contributed by atoms with van der Waals surface area (Å²) >= 11 is 0. The molecule has 2 aromatic rings. The first kappa shape index (κ1) is 17.7. The third-order valence-electron chi connectivity index (χ3n) is 3.90. The van der Waals surface area contributed by atoms with Gasteiger partial charge < -0.3 is 9.88 Å². The zero-order chi connectivity index (χ0) is 18.0. The van der Waals surface area contributed by atoms with Crippen molar-refractivity contribution in [3.8, 4) is 11.1 Å². The average molecular weight is 329 g/mol. The third kappa shape index (κ3) is 3.32. The number of carbonyl (C=O) groups is 1. The van der Waals surface area contributed by atoms with Crippen LogP contribution in [0.1, 0.15) is 43.7 Å². The van der Waals surface area contributed by atoms with E-state index >= 15 is 0 Å². The van der Waals surface area contributed by atoms with Gasteiger partial charge in [-0.05, 0) is 40.7 Å². The molecule has 0 radical (unpaired) electrons. The second kappa shape index (κ2) is 6.86. The maximum Gasteiger partial charge on any atom is 0.325 e. The zero-order valence-corrected chi connectivity index (χ0v) is 14.6. The summed E-state index contributed by atoms with van der Waals surface area (Å²) in [6.45, 7) is 9.48. The van der Waals surface area contributed by atoms with Gasteiger partial charge in [0.2, 0.25) is 0 Å². The summed E-state index contributed by atoms with van der Waals surface area (Å²) in [6, 6.07) is 7.03. The van der Waals surface area contributed by atoms with Gasteiger partial charge in [0.25, 0.3) is 11.5 Å². The number of carbonyl (C=O) groups excluding carboxylic acids is 1. The number of aromatic amines is 2. The van der Waals surface area contributed by atoms with E-state index in [0.717, 1.165) is 0 Å². The minimum Gasteiger partial charge on any atom is -0.334 e. The maximum absolute atomic E-state index is 13.1. The first-order valence-electron chi connectivity index (χ1n) is 7.99. The molecule has 0 unspecified atom stereocenters. The third-order valence-corrected chi connectivity index (χ3v) is 3.90. The molecule has 0 atom stereocenters. The number of aromatic nitrogens is 2. The van der Waals surface area contributed by atoms with Crippen molar-refractivity contribution in [2.45, 2.75) is 46.7 Å². The van der Waals surface area contributed by atoms with Gasteiger partial charge in [-0.15, -0.1) is 0 Å². The van der Waals surface area contributed by atoms with Crippen molar-refractivity contribution in [3.63, 3.8) is 0 Å². The lowest BCUT2D eigenvalue weighted by Gasteiger charge is -2.31. The molecule has 2 rings (SSSR count). The van der Waals surface area contributed by atoms with Crippen LogP contribution in [0, 0.1) is 6.92 Å². The average Bonchev–Trinajstić information content (AvgIpc) is 2.45. The highest BCUT2D eigenvalue weighted by Crippen LogP contribution is 2.24. The lowest BCUT2D eigenvalue weighted by atomic mass is 9.98. The van der Waals surface area contributed by atoms with Gasteiger partial charge in [0, 0.05) is 28.9 Å². The van der Waals surface area contributed by atoms with Gasteiger partial charge in [0.1, 0.15) is 0 Å². The maximum atomic E-state index is 13.1. The number of amides is 1. The summed E-state index contributed by atoms with van der Waals surface area (Å²) in [7, 11) is 0. The van der Waals surface area contributed by atoms with Crippen molar-refractivity contribution < 1.29 is 4.79 Å². The predicted molar refractivity (Wildman–Crippen MR) is 94.3 cm³/mol. The first-order chi connectivity index (χ1) is 11.2. The number of aryl methyl sites for hydroxylation is 1. The van der Waals surface area contributed by atoms with Gasteiger partial charge in [-0.2, -0.15) is 0 Å². The summed E-state index contributed by atoms with van der Waals surface area (Å²) in [6.07, 6.45) is 0. The smallest absolute Gasteiger partial charge is 0.325 e. The fourth-order valence-corrected chi connectivity index (χ4v) is 3.02. The predicted octanol–water partition coefficient (Wildman–Crippen LogP) is 2.30. The Morgan fingerprint density at radius 2 is 1.58 bits per heavy atom. The standard InChI is InChI=1S/C18H23N3O3/c1-10(2)21(11(3)4)17(23)14-9-7-6-8-13(14)15-12(5)19-18(24)20-16(15)22/h6-11H,1-5H3,(H2,19,20,22,24). The van der Waals surface area contributed by atoms with Crippen LogP contribution in [0.4, 0.5) is 0 Å². The molecule has 0 spiro atoms. The van der Waals surface area contributed by atoms with Crippen LogP contribution in [0.25, 0.3) is 11.1 Å². The summed E-state index contributed by atoms with van der Waals surface area (Å²) in [5.41, 5.74) is 0.646. The van der Waals surface area contributed by atoms with Crippen LogP contribution in [0.2, 0.25) is 0 Å². The minimum absolute atomic E-state index is 0.0283. The highest BCUT2D eigenvalue weighted by molar-refractivity contribution is 6.01. The summed E-state index contributed by atoms with van der Waals surface area (Å²) < 4.78 is 0. The van der Waals surface area contributed by atoms with Crippen molar-refractivity contribution in [3.05, 3.63) is 56.4 Å². The Balaban J connectivity index is 2.67. The topological polar surface area (TPSA) is 86.0 Å². The molecule has 0 saturated heterocycles. The van der Waals surface area contributed by atoms with Crippen molar-refractivity contribution >= 4 is 5.91 Å². The van der Waals surface area contributed by atoms with Gasteiger partial charge in [-0.25, -0.2) is 4.79 Å². The molecule has 1 aromatic heterocycles. The Bertz CT molecular complexity index is 854. The van der Waals surface area contributed by atoms with Crippen LogP contribution in [-0.4, -0.2) is 32.9 Å². The minimum atomic E-state index is -0.559. The van der Waals surface area contributed by atoms with Crippen molar-refractivity contribution in [1.29, 1.82) is 0 Å². The second-order valence-corrected chi connectivity index (χ2v) is 6.35. The Morgan fingerprint density at radius 3 is 2.12 bits per heavy atom. The number of nitrogens with zero attached hydrogens (tertiary/aromatic N) is 1. The van der Waals surface area contributed by atoms with Crippen LogP contribution in [0.15, 0.2) is 33.9 Å². The Hall–Kier alpha value is -2.63. The number of benzene rings is 1. The van der Waals surface area contributed by atoms with Crippen LogP contribution in [0.5, 0.6) is 0 Å². The van der Waals surface area contributed by atoms with Gasteiger partial charge in [-0.1, -0.05) is 18.2 Å². The Kier molecular flexibility index (Phi) is 5.07. The van der Waals surface area contributed by atoms with Crippen LogP contribution in [0.3, 0.4) is 0 Å². The number of hydrogen-bond acceptors (Lipinski definition) is 3. The molecular weight excluding hydrogens is 306 g/mol. The molecule has 128 valence electrons. The SMILES string of the molecule is Cc1[nH]c(=O)[nH]c(=O)c1-c1ccccc1C(=O)N(C(C)C)C(C)C. The number of H-pyrrole nitrogens is 2. The van der Waals surface area contributed by atoms with E-state index in [1.165, 1.54) is 0 Å². The highest BCUT2D eigenvalue weighted by atomic mass is 16.2. The molecular formula is C18H23N3O3. The quantitative estimate of drug-likeness (QED) is 0.902. The molecule has 0 saturated carbocycles. The molecule has 24 heavy (non-hydrogen) atoms. The van der Waals surface area contributed by atoms with E-state index in [0.29, 0.717) is 22.4 Å². The number of hydrogen-bond donors (Lipinski definition) is 2. The first-order valence-corrected chi connectivity index (χ1v) is 7.99. The van der Waals surface area contributed by atoms with Crippen molar-refractivity contribution in [2.75, 3.05) is 0 Å². The largest absolute Gasteiger partial charge is 0.334 e. The highest BCUT2D eigenvalue weighted by Gasteiger charge is 2.25. The summed E-state index contributed by atoms with van der Waals surface area (Å²) in [4.78, 5) is 43.3. The Labute approximate surface area is 140 Å². The molecule has 0 aliphatic heterocycles. The molecule has 0 bridgehead atoms. The molecule has 0 aliphatic rings. The molecule has 2 N–H and O–H groups in total. The van der Waals surface area contributed by atoms with Gasteiger partial charge in [-0.3, -0.25) is 14.6 Å². The lowest BCUT2D eigenvalue weighted by Crippen LogP contribution is -2.42. The zero-order valence-electron chi connectivity index (χ0n) is 14.6. The molecule has 1 heterocycles. The molecule has 0 aliphatic carbocycles. The van der Waals surface area contributed by atoms with Crippen molar-refractivity contribution in [2.24, 2.45) is 0 Å². The van der Waals surface area contributed by atoms with E-state index in [1.807, 2.05) is 27.7 Å². The van der Waals surface area contributed by atoms with E-state index in [4.69, 9.17) is 0 Å². The lowest BCUT2D eigenvalue weighted by molar-refractivity contribution is 0.0644. The summed E-state index contributed by atoms with van der Waals surface area (Å²) in [5, 5.41) is 0. The molecule has 6 heteroatoms. The number of nitrogens with one attached hydrogen (secondary N) is 2. The normalized spacial score (nSPS) is 11.1. The molecule has 1 aromatic carbocycles. The van der Waals surface area contributed by atoms with E-state index in [1.54, 1.807) is 36.1 Å². The van der Waals surface area contributed by atoms with Crippen LogP contribution >= 0.6 is 0 Å². The Morgan fingerprint density at radius 1 is 1.00 bits per heavy atom. The van der Waals surface area contributed by atoms with Crippen LogP contribution < -0.4 is 11.2 Å². The van der Waals surface area contributed by atoms with E-state index in [9.17, 15) is 14.4 Å². The fraction of sp³-hybridized carbons (Fsp3) is 0.389. The summed E-state index contributed by atoms with van der Waals surface area (Å²) in [5.74, 6) is -0.138. The van der Waals surface area contributed by atoms with E-state index in [-0.39, 0.29) is 18.0 Å². The van der Waals surface area contributed by atoms with E-state index < -0.39 is 11.2 Å².